The van der Waals surface area contributed by atoms with Gasteiger partial charge in [0.2, 0.25) is 0 Å². The summed E-state index contributed by atoms with van der Waals surface area (Å²) >= 11 is 1.42. The number of hydrogen-bond donors (Lipinski definition) is 2. The molecule has 1 amide bonds. The van der Waals surface area contributed by atoms with E-state index < -0.39 is 5.91 Å². The third-order valence-corrected chi connectivity index (χ3v) is 6.52. The fourth-order valence-corrected chi connectivity index (χ4v) is 4.92. The Hall–Kier alpha value is -3.29. The first kappa shape index (κ1) is 21.4. The maximum atomic E-state index is 12.7. The summed E-state index contributed by atoms with van der Waals surface area (Å²) in [5, 5.41) is 32.7. The minimum atomic E-state index is -0.584. The Labute approximate surface area is 180 Å². The van der Waals surface area contributed by atoms with Crippen LogP contribution in [-0.4, -0.2) is 24.1 Å². The Bertz CT molecular complexity index is 1070. The second-order valence-electron chi connectivity index (χ2n) is 7.07. The molecule has 1 aliphatic carbocycles. The average Bonchev–Trinajstić information content (AvgIpc) is 3.10. The van der Waals surface area contributed by atoms with Crippen LogP contribution in [0.1, 0.15) is 48.3 Å². The van der Waals surface area contributed by atoms with Gasteiger partial charge in [0.25, 0.3) is 5.91 Å². The average molecular weight is 421 g/mol. The minimum absolute atomic E-state index is 0.00394. The first-order valence-electron chi connectivity index (χ1n) is 10.1. The molecule has 0 bridgehead atoms. The van der Waals surface area contributed by atoms with Gasteiger partial charge in [-0.3, -0.25) is 4.79 Å². The highest BCUT2D eigenvalue weighted by atomic mass is 32.1. The van der Waals surface area contributed by atoms with Crippen LogP contribution >= 0.6 is 11.3 Å². The predicted molar refractivity (Wildman–Crippen MR) is 120 cm³/mol. The van der Waals surface area contributed by atoms with E-state index >= 15 is 0 Å². The molecule has 3 rings (SSSR count). The van der Waals surface area contributed by atoms with Crippen molar-refractivity contribution in [2.45, 2.75) is 39.5 Å². The third-order valence-electron chi connectivity index (χ3n) is 5.32. The maximum Gasteiger partial charge on any atom is 0.266 e. The third kappa shape index (κ3) is 4.32. The van der Waals surface area contributed by atoms with Gasteiger partial charge in [-0.15, -0.1) is 11.3 Å². The van der Waals surface area contributed by atoms with Crippen molar-refractivity contribution in [3.63, 3.8) is 0 Å². The molecule has 2 aromatic rings. The number of carbonyl (C=O) groups is 1. The van der Waals surface area contributed by atoms with Crippen LogP contribution in [0.25, 0.3) is 6.08 Å². The summed E-state index contributed by atoms with van der Waals surface area (Å²) in [6.45, 7) is 5.68. The van der Waals surface area contributed by atoms with Crippen molar-refractivity contribution in [3.05, 3.63) is 45.3 Å². The van der Waals surface area contributed by atoms with Gasteiger partial charge in [0.1, 0.15) is 28.5 Å². The van der Waals surface area contributed by atoms with Gasteiger partial charge >= 0.3 is 0 Å². The van der Waals surface area contributed by atoms with Crippen LogP contribution in [0.4, 0.5) is 10.7 Å². The summed E-state index contributed by atoms with van der Waals surface area (Å²) in [4.78, 5) is 15.9. The molecule has 0 saturated carbocycles. The van der Waals surface area contributed by atoms with Crippen molar-refractivity contribution in [2.75, 3.05) is 23.3 Å². The molecule has 0 radical (unpaired) electrons. The Morgan fingerprint density at radius 3 is 2.63 bits per heavy atom. The van der Waals surface area contributed by atoms with E-state index in [1.54, 1.807) is 12.1 Å². The van der Waals surface area contributed by atoms with Crippen molar-refractivity contribution < 1.29 is 9.90 Å². The summed E-state index contributed by atoms with van der Waals surface area (Å²) in [7, 11) is 0. The lowest BCUT2D eigenvalue weighted by Crippen LogP contribution is -2.21. The van der Waals surface area contributed by atoms with E-state index in [1.165, 1.54) is 17.4 Å². The van der Waals surface area contributed by atoms with E-state index in [0.717, 1.165) is 54.9 Å². The first-order valence-corrected chi connectivity index (χ1v) is 10.9. The Balaban J connectivity index is 1.85. The minimum Gasteiger partial charge on any atom is -0.507 e. The topological polar surface area (TPSA) is 100 Å². The van der Waals surface area contributed by atoms with E-state index in [9.17, 15) is 20.4 Å². The van der Waals surface area contributed by atoms with Crippen molar-refractivity contribution in [2.24, 2.45) is 0 Å². The van der Waals surface area contributed by atoms with Gasteiger partial charge < -0.3 is 15.3 Å². The zero-order chi connectivity index (χ0) is 21.7. The number of phenolic OH excluding ortho intramolecular Hbond substituents is 1. The number of thiophene rings is 1. The molecule has 7 heteroatoms. The van der Waals surface area contributed by atoms with Gasteiger partial charge in [-0.05, 0) is 63.3 Å². The first-order chi connectivity index (χ1) is 14.5. The standard InChI is InChI=1S/C23H24N4O2S/c1-3-27(4-2)17-10-9-15(20(28)12-17)11-16(13-24)22(29)26-23-19(14-25)18-7-5-6-8-21(18)30-23/h9-12,28H,3-8H2,1-2H3,(H,26,29)/b16-11+. The fraction of sp³-hybridized carbons (Fsp3) is 0.348. The van der Waals surface area contributed by atoms with E-state index in [-0.39, 0.29) is 11.3 Å². The highest BCUT2D eigenvalue weighted by Gasteiger charge is 2.22. The molecule has 1 aliphatic rings. The number of nitriles is 2. The number of rotatable bonds is 6. The second kappa shape index (κ2) is 9.47. The zero-order valence-electron chi connectivity index (χ0n) is 17.2. The van der Waals surface area contributed by atoms with Crippen LogP contribution in [0, 0.1) is 22.7 Å². The summed E-state index contributed by atoms with van der Waals surface area (Å²) < 4.78 is 0. The molecular formula is C23H24N4O2S. The smallest absolute Gasteiger partial charge is 0.266 e. The summed E-state index contributed by atoms with van der Waals surface area (Å²) in [6, 6.07) is 9.29. The van der Waals surface area contributed by atoms with E-state index in [0.29, 0.717) is 16.1 Å². The lowest BCUT2D eigenvalue weighted by atomic mass is 9.96. The number of phenols is 1. The Kier molecular flexibility index (Phi) is 6.76. The lowest BCUT2D eigenvalue weighted by Gasteiger charge is -2.21. The number of carbonyl (C=O) groups excluding carboxylic acids is 1. The number of fused-ring (bicyclic) bond motifs is 1. The van der Waals surface area contributed by atoms with Gasteiger partial charge in [0.05, 0.1) is 5.56 Å². The Morgan fingerprint density at radius 2 is 2.00 bits per heavy atom. The molecule has 1 aromatic carbocycles. The molecule has 154 valence electrons. The van der Waals surface area contributed by atoms with Crippen LogP contribution in [0.2, 0.25) is 0 Å². The number of aryl methyl sites for hydroxylation is 1. The Morgan fingerprint density at radius 1 is 1.27 bits per heavy atom. The van der Waals surface area contributed by atoms with Gasteiger partial charge in [0.15, 0.2) is 0 Å². The van der Waals surface area contributed by atoms with Crippen molar-refractivity contribution in [1.29, 1.82) is 10.5 Å². The molecule has 2 N–H and O–H groups in total. The van der Waals surface area contributed by atoms with Crippen LogP contribution in [0.15, 0.2) is 23.8 Å². The number of nitrogens with zero attached hydrogens (tertiary/aromatic N) is 3. The van der Waals surface area contributed by atoms with Crippen LogP contribution < -0.4 is 10.2 Å². The SMILES string of the molecule is CCN(CC)c1ccc(/C=C(\C#N)C(=O)Nc2sc3c(c2C#N)CCCC3)c(O)c1. The molecule has 0 unspecified atom stereocenters. The molecule has 0 fully saturated rings. The number of anilines is 2. The molecule has 1 aromatic heterocycles. The van der Waals surface area contributed by atoms with Gasteiger partial charge in [-0.25, -0.2) is 0 Å². The number of hydrogen-bond acceptors (Lipinski definition) is 6. The fourth-order valence-electron chi connectivity index (χ4n) is 3.69. The highest BCUT2D eigenvalue weighted by Crippen LogP contribution is 2.38. The number of benzene rings is 1. The highest BCUT2D eigenvalue weighted by molar-refractivity contribution is 7.16. The van der Waals surface area contributed by atoms with E-state index in [2.05, 4.69) is 16.3 Å². The number of aromatic hydroxyl groups is 1. The molecular weight excluding hydrogens is 396 g/mol. The maximum absolute atomic E-state index is 12.7. The van der Waals surface area contributed by atoms with Crippen LogP contribution in [-0.2, 0) is 17.6 Å². The van der Waals surface area contributed by atoms with Crippen molar-refractivity contribution in [1.82, 2.24) is 0 Å². The summed E-state index contributed by atoms with van der Waals surface area (Å²) in [6.07, 6.45) is 5.25. The zero-order valence-corrected chi connectivity index (χ0v) is 18.0. The summed E-state index contributed by atoms with van der Waals surface area (Å²) in [5.74, 6) is -0.580. The predicted octanol–water partition coefficient (Wildman–Crippen LogP) is 4.60. The van der Waals surface area contributed by atoms with Gasteiger partial charge in [-0.1, -0.05) is 0 Å². The molecule has 1 heterocycles. The van der Waals surface area contributed by atoms with Gasteiger partial charge in [-0.2, -0.15) is 10.5 Å². The molecule has 0 spiro atoms. The quantitative estimate of drug-likeness (QED) is 0.526. The monoisotopic (exact) mass is 420 g/mol. The summed E-state index contributed by atoms with van der Waals surface area (Å²) in [5.41, 5.74) is 2.67. The van der Waals surface area contributed by atoms with Crippen LogP contribution in [0.3, 0.4) is 0 Å². The van der Waals surface area contributed by atoms with Crippen molar-refractivity contribution in [3.8, 4) is 17.9 Å². The largest absolute Gasteiger partial charge is 0.507 e. The van der Waals surface area contributed by atoms with E-state index in [4.69, 9.17) is 0 Å². The van der Waals surface area contributed by atoms with E-state index in [1.807, 2.05) is 26.0 Å². The molecule has 0 aliphatic heterocycles. The molecule has 0 atom stereocenters. The lowest BCUT2D eigenvalue weighted by molar-refractivity contribution is -0.112. The van der Waals surface area contributed by atoms with Gasteiger partial charge in [0, 0.05) is 35.3 Å². The number of nitrogens with one attached hydrogen (secondary N) is 1. The molecule has 0 saturated heterocycles. The normalized spacial score (nSPS) is 13.1. The molecule has 6 nitrogen and oxygen atoms in total. The van der Waals surface area contributed by atoms with Crippen LogP contribution in [0.5, 0.6) is 5.75 Å². The molecule has 30 heavy (non-hydrogen) atoms. The number of amides is 1. The van der Waals surface area contributed by atoms with Crippen molar-refractivity contribution >= 4 is 34.0 Å². The second-order valence-corrected chi connectivity index (χ2v) is 8.17.